The van der Waals surface area contributed by atoms with E-state index >= 15 is 0 Å². The zero-order chi connectivity index (χ0) is 37.5. The number of ether oxygens (including phenoxy) is 10. The number of aliphatic hydroxyl groups is 3. The fourth-order valence-corrected chi connectivity index (χ4v) is 11.0. The van der Waals surface area contributed by atoms with Crippen molar-refractivity contribution in [2.75, 3.05) is 13.7 Å². The average Bonchev–Trinajstić information content (AvgIpc) is 3.73. The van der Waals surface area contributed by atoms with Crippen LogP contribution in [0.2, 0.25) is 0 Å². The Balaban J connectivity index is 1.00. The minimum atomic E-state index is -1.24. The number of carbonyl (C=O) groups is 1. The highest BCUT2D eigenvalue weighted by Crippen LogP contribution is 2.54. The van der Waals surface area contributed by atoms with Crippen LogP contribution in [0.5, 0.6) is 0 Å². The van der Waals surface area contributed by atoms with Gasteiger partial charge in [-0.1, -0.05) is 20.1 Å². The second-order valence-corrected chi connectivity index (χ2v) is 17.4. The largest absolute Gasteiger partial charge is 0.457 e. The first-order valence-corrected chi connectivity index (χ1v) is 20.4. The summed E-state index contributed by atoms with van der Waals surface area (Å²) in [5.74, 6) is -1.18. The number of esters is 1. The molecule has 2 unspecified atom stereocenters. The van der Waals surface area contributed by atoms with Crippen LogP contribution in [0, 0.1) is 5.92 Å². The number of methoxy groups -OCH3 is 1. The quantitative estimate of drug-likeness (QED) is 0.281. The third kappa shape index (κ3) is 6.93. The number of hydrogen-bond acceptors (Lipinski definition) is 14. The van der Waals surface area contributed by atoms with E-state index in [1.165, 1.54) is 7.11 Å². The van der Waals surface area contributed by atoms with E-state index in [2.05, 4.69) is 20.1 Å². The third-order valence-corrected chi connectivity index (χ3v) is 13.8. The highest BCUT2D eigenvalue weighted by Gasteiger charge is 2.68. The number of aliphatic hydroxyl groups excluding tert-OH is 3. The molecule has 10 heterocycles. The van der Waals surface area contributed by atoms with E-state index in [0.29, 0.717) is 32.1 Å². The van der Waals surface area contributed by atoms with Crippen molar-refractivity contribution in [2.24, 2.45) is 5.92 Å². The van der Waals surface area contributed by atoms with Crippen LogP contribution in [0.1, 0.15) is 84.0 Å². The van der Waals surface area contributed by atoms with Gasteiger partial charge in [-0.2, -0.15) is 0 Å². The third-order valence-electron chi connectivity index (χ3n) is 13.8. The highest BCUT2D eigenvalue weighted by molar-refractivity contribution is 5.70. The summed E-state index contributed by atoms with van der Waals surface area (Å²) in [6, 6.07) is 0. The lowest BCUT2D eigenvalue weighted by Crippen LogP contribution is -2.62. The van der Waals surface area contributed by atoms with Crippen molar-refractivity contribution in [1.82, 2.24) is 0 Å². The van der Waals surface area contributed by atoms with Crippen LogP contribution in [-0.2, 0) is 52.2 Å². The standard InChI is InChI=1S/C40H58O14/c1-18-11-22-5-7-25-19(2)12-24(46-25)9-10-40-16-30-35(53-40)37-38(51-30)39(54-40)33-26(50-37)8-6-23(48-33)14-31(43)52-34-29(15-27(47-22)20(18)3)49-28(13-21(42)17-41)32(44)36(34)45-4/h18,21-30,32-39,41-42,44H,2-3,5-17H2,1,4H3/t18-,21?,22+,23-,24+,25+,26+,27-,28+,29+,30+,32+,33+,34+,35+,36+,37?,38-,39+,40+/m1/s1. The average molecular weight is 763 g/mol. The Hall–Kier alpha value is -1.53. The Labute approximate surface area is 316 Å². The molecule has 0 aliphatic carbocycles. The molecule has 20 atom stereocenters. The van der Waals surface area contributed by atoms with E-state index < -0.39 is 79.4 Å². The molecule has 0 amide bonds. The molecule has 10 saturated heterocycles. The van der Waals surface area contributed by atoms with Gasteiger partial charge < -0.3 is 62.7 Å². The molecule has 10 aliphatic rings. The SMILES string of the molecule is C=C1C[C@@H]2CC[C@@]34C[C@@H]5O[C@@H]6C(O[C@H]7CC[C@H](CC(=O)O[C@@H]8[C@@H](OC)[C@@H](O)[C@H](CC(O)CO)O[C@H]8C[C@H]8O[C@@H](CC[C@@H]1O2)C[C@@H](C)C8=C)O[C@@H]7[C@@H]6O3)[C@H]5O4. The van der Waals surface area contributed by atoms with E-state index in [4.69, 9.17) is 47.4 Å². The topological polar surface area (TPSA) is 170 Å². The van der Waals surface area contributed by atoms with Gasteiger partial charge in [0, 0.05) is 32.8 Å². The molecule has 0 aromatic heterocycles. The molecule has 0 aromatic rings. The van der Waals surface area contributed by atoms with Crippen LogP contribution in [0.25, 0.3) is 0 Å². The summed E-state index contributed by atoms with van der Waals surface area (Å²) < 4.78 is 65.4. The maximum atomic E-state index is 13.9. The molecule has 12 bridgehead atoms. The van der Waals surface area contributed by atoms with Crippen molar-refractivity contribution in [3.05, 3.63) is 24.3 Å². The second kappa shape index (κ2) is 15.0. The van der Waals surface area contributed by atoms with Crippen LogP contribution in [-0.4, -0.2) is 151 Å². The molecule has 0 radical (unpaired) electrons. The van der Waals surface area contributed by atoms with Crippen LogP contribution < -0.4 is 0 Å². The van der Waals surface area contributed by atoms with E-state index in [1.807, 2.05) is 0 Å². The van der Waals surface area contributed by atoms with E-state index in [9.17, 15) is 20.1 Å². The maximum absolute atomic E-state index is 13.9. The smallest absolute Gasteiger partial charge is 0.308 e. The predicted molar refractivity (Wildman–Crippen MR) is 187 cm³/mol. The minimum Gasteiger partial charge on any atom is -0.457 e. The van der Waals surface area contributed by atoms with Crippen LogP contribution in [0.15, 0.2) is 24.3 Å². The molecule has 3 N–H and O–H groups in total. The summed E-state index contributed by atoms with van der Waals surface area (Å²) >= 11 is 0. The Morgan fingerprint density at radius 1 is 0.796 bits per heavy atom. The summed E-state index contributed by atoms with van der Waals surface area (Å²) in [6.07, 6.45) is -2.30. The molecule has 10 rings (SSSR count). The highest BCUT2D eigenvalue weighted by atomic mass is 16.8. The van der Waals surface area contributed by atoms with Crippen LogP contribution in [0.4, 0.5) is 0 Å². The van der Waals surface area contributed by atoms with Gasteiger partial charge in [0.15, 0.2) is 11.9 Å². The van der Waals surface area contributed by atoms with Crippen molar-refractivity contribution in [3.8, 4) is 0 Å². The van der Waals surface area contributed by atoms with Gasteiger partial charge in [0.2, 0.25) is 0 Å². The maximum Gasteiger partial charge on any atom is 0.308 e. The molecule has 0 saturated carbocycles. The Bertz CT molecular complexity index is 1430. The summed E-state index contributed by atoms with van der Waals surface area (Å²) in [5.41, 5.74) is 2.01. The zero-order valence-electron chi connectivity index (χ0n) is 31.4. The first-order valence-electron chi connectivity index (χ1n) is 20.4. The predicted octanol–water partition coefficient (Wildman–Crippen LogP) is 2.17. The van der Waals surface area contributed by atoms with E-state index in [-0.39, 0.29) is 67.6 Å². The summed E-state index contributed by atoms with van der Waals surface area (Å²) in [5, 5.41) is 31.4. The van der Waals surface area contributed by atoms with Crippen molar-refractivity contribution in [1.29, 1.82) is 0 Å². The van der Waals surface area contributed by atoms with Gasteiger partial charge in [0.1, 0.15) is 48.8 Å². The Morgan fingerprint density at radius 3 is 2.35 bits per heavy atom. The van der Waals surface area contributed by atoms with Crippen molar-refractivity contribution in [3.63, 3.8) is 0 Å². The number of carbonyl (C=O) groups excluding carboxylic acids is 1. The van der Waals surface area contributed by atoms with E-state index in [1.54, 1.807) is 0 Å². The summed E-state index contributed by atoms with van der Waals surface area (Å²) in [7, 11) is 1.45. The number of rotatable bonds is 4. The normalized spacial score (nSPS) is 52.4. The number of fused-ring (bicyclic) bond motifs is 6. The molecule has 10 aliphatic heterocycles. The fourth-order valence-electron chi connectivity index (χ4n) is 11.0. The van der Waals surface area contributed by atoms with Gasteiger partial charge in [-0.15, -0.1) is 0 Å². The minimum absolute atomic E-state index is 0.00494. The molecule has 302 valence electrons. The van der Waals surface area contributed by atoms with Crippen molar-refractivity contribution < 1.29 is 67.5 Å². The van der Waals surface area contributed by atoms with Gasteiger partial charge in [-0.3, -0.25) is 4.79 Å². The van der Waals surface area contributed by atoms with Crippen molar-refractivity contribution >= 4 is 5.97 Å². The molecule has 14 heteroatoms. The fraction of sp³-hybridized carbons (Fsp3) is 0.875. The monoisotopic (exact) mass is 762 g/mol. The Morgan fingerprint density at radius 2 is 1.54 bits per heavy atom. The van der Waals surface area contributed by atoms with E-state index in [0.717, 1.165) is 43.3 Å². The number of hydrogen-bond donors (Lipinski definition) is 3. The van der Waals surface area contributed by atoms with Gasteiger partial charge >= 0.3 is 5.97 Å². The molecule has 0 aromatic carbocycles. The first kappa shape index (κ1) is 38.0. The lowest BCUT2D eigenvalue weighted by molar-refractivity contribution is -0.293. The Kier molecular flexibility index (Phi) is 10.6. The lowest BCUT2D eigenvalue weighted by atomic mass is 9.82. The second-order valence-electron chi connectivity index (χ2n) is 17.4. The molecular weight excluding hydrogens is 704 g/mol. The van der Waals surface area contributed by atoms with Gasteiger partial charge in [-0.25, -0.2) is 0 Å². The lowest BCUT2D eigenvalue weighted by Gasteiger charge is -2.48. The first-order chi connectivity index (χ1) is 26.0. The van der Waals surface area contributed by atoms with Gasteiger partial charge in [-0.05, 0) is 62.0 Å². The summed E-state index contributed by atoms with van der Waals surface area (Å²) in [6.45, 7) is 10.5. The molecule has 1 spiro atoms. The molecular formula is C40H58O14. The molecule has 14 nitrogen and oxygen atoms in total. The van der Waals surface area contributed by atoms with Crippen molar-refractivity contribution in [2.45, 2.75) is 200 Å². The van der Waals surface area contributed by atoms with Crippen LogP contribution in [0.3, 0.4) is 0 Å². The zero-order valence-corrected chi connectivity index (χ0v) is 31.4. The van der Waals surface area contributed by atoms with Gasteiger partial charge in [0.05, 0.1) is 68.0 Å². The molecule has 10 fully saturated rings. The van der Waals surface area contributed by atoms with Gasteiger partial charge in [0.25, 0.3) is 0 Å². The molecule has 54 heavy (non-hydrogen) atoms. The van der Waals surface area contributed by atoms with Crippen LogP contribution >= 0.6 is 0 Å². The summed E-state index contributed by atoms with van der Waals surface area (Å²) in [4.78, 5) is 13.9.